The van der Waals surface area contributed by atoms with Gasteiger partial charge in [-0.05, 0) is 18.2 Å². The molecule has 2 aromatic rings. The Morgan fingerprint density at radius 1 is 1.45 bits per heavy atom. The number of carbonyl (C=O) groups excluding carboxylic acids is 1. The molecule has 20 heavy (non-hydrogen) atoms. The number of anilines is 1. The van der Waals surface area contributed by atoms with Gasteiger partial charge in [0.15, 0.2) is 5.69 Å². The Labute approximate surface area is 126 Å². The summed E-state index contributed by atoms with van der Waals surface area (Å²) in [5, 5.41) is 6.05. The van der Waals surface area contributed by atoms with Gasteiger partial charge in [-0.2, -0.15) is 8.75 Å². The summed E-state index contributed by atoms with van der Waals surface area (Å²) in [4.78, 5) is 11.9. The van der Waals surface area contributed by atoms with Crippen LogP contribution in [0.3, 0.4) is 0 Å². The average Bonchev–Trinajstić information content (AvgIpc) is 2.85. The number of amides is 1. The first-order chi connectivity index (χ1) is 9.33. The van der Waals surface area contributed by atoms with Crippen molar-refractivity contribution in [3.63, 3.8) is 0 Å². The predicted octanol–water partition coefficient (Wildman–Crippen LogP) is 1.69. The number of halogens is 1. The minimum atomic E-state index is -0.254. The number of rotatable bonds is 2. The summed E-state index contributed by atoms with van der Waals surface area (Å²) in [6.07, 6.45) is 1.45. The number of aromatic nitrogens is 2. The molecule has 0 unspecified atom stereocenters. The van der Waals surface area contributed by atoms with E-state index >= 15 is 0 Å². The minimum absolute atomic E-state index is 0. The third-order valence-electron chi connectivity index (χ3n) is 2.76. The predicted molar refractivity (Wildman–Crippen MR) is 78.8 cm³/mol. The number of hydrogen-bond donors (Lipinski definition) is 2. The van der Waals surface area contributed by atoms with Gasteiger partial charge in [0.2, 0.25) is 0 Å². The first kappa shape index (κ1) is 14.7. The maximum Gasteiger partial charge on any atom is 0.277 e. The molecule has 0 spiro atoms. The molecule has 2 N–H and O–H groups in total. The van der Waals surface area contributed by atoms with Gasteiger partial charge in [-0.15, -0.1) is 12.4 Å². The van der Waals surface area contributed by atoms with Crippen molar-refractivity contribution in [3.05, 3.63) is 35.7 Å². The van der Waals surface area contributed by atoms with Crippen molar-refractivity contribution in [2.75, 3.05) is 18.5 Å². The molecule has 0 saturated heterocycles. The van der Waals surface area contributed by atoms with Crippen LogP contribution in [0.5, 0.6) is 5.75 Å². The molecular formula is C12H13ClN4O2S. The Kier molecular flexibility index (Phi) is 4.89. The van der Waals surface area contributed by atoms with E-state index in [4.69, 9.17) is 4.74 Å². The van der Waals surface area contributed by atoms with E-state index in [-0.39, 0.29) is 18.3 Å². The molecule has 0 saturated carbocycles. The molecule has 8 heteroatoms. The second-order valence-corrected chi connectivity index (χ2v) is 4.65. The smallest absolute Gasteiger partial charge is 0.277 e. The molecule has 0 radical (unpaired) electrons. The third kappa shape index (κ3) is 3.24. The second kappa shape index (κ2) is 6.65. The van der Waals surface area contributed by atoms with E-state index in [0.717, 1.165) is 41.8 Å². The standard InChI is InChI=1S/C12H12N4O2S.ClH/c17-12(10-7-14-19-16-10)15-9-1-2-11-8(5-9)6-13-3-4-18-11;/h1-2,5,7,13H,3-4,6H2,(H,15,17);1H. The summed E-state index contributed by atoms with van der Waals surface area (Å²) in [5.41, 5.74) is 2.09. The maximum absolute atomic E-state index is 11.9. The number of hydrogen-bond acceptors (Lipinski definition) is 6. The lowest BCUT2D eigenvalue weighted by atomic mass is 10.1. The molecule has 0 aliphatic carbocycles. The molecular weight excluding hydrogens is 300 g/mol. The van der Waals surface area contributed by atoms with Gasteiger partial charge in [0, 0.05) is 24.3 Å². The van der Waals surface area contributed by atoms with Gasteiger partial charge in [-0.1, -0.05) is 0 Å². The van der Waals surface area contributed by atoms with Gasteiger partial charge < -0.3 is 15.4 Å². The molecule has 1 aliphatic heterocycles. The Balaban J connectivity index is 0.00000147. The molecule has 0 bridgehead atoms. The van der Waals surface area contributed by atoms with E-state index in [0.29, 0.717) is 12.3 Å². The van der Waals surface area contributed by atoms with Crippen LogP contribution < -0.4 is 15.4 Å². The summed E-state index contributed by atoms with van der Waals surface area (Å²) in [6, 6.07) is 5.60. The molecule has 0 fully saturated rings. The number of fused-ring (bicyclic) bond motifs is 1. The number of ether oxygens (including phenoxy) is 1. The van der Waals surface area contributed by atoms with Crippen molar-refractivity contribution in [1.29, 1.82) is 0 Å². The van der Waals surface area contributed by atoms with Gasteiger partial charge in [-0.25, -0.2) is 0 Å². The van der Waals surface area contributed by atoms with Crippen LogP contribution in [-0.2, 0) is 6.54 Å². The van der Waals surface area contributed by atoms with Crippen molar-refractivity contribution in [2.45, 2.75) is 6.54 Å². The van der Waals surface area contributed by atoms with Crippen molar-refractivity contribution in [1.82, 2.24) is 14.1 Å². The monoisotopic (exact) mass is 312 g/mol. The zero-order chi connectivity index (χ0) is 13.1. The highest BCUT2D eigenvalue weighted by Crippen LogP contribution is 2.24. The molecule has 0 atom stereocenters. The number of benzene rings is 1. The minimum Gasteiger partial charge on any atom is -0.492 e. The van der Waals surface area contributed by atoms with E-state index in [1.807, 2.05) is 18.2 Å². The highest BCUT2D eigenvalue weighted by Gasteiger charge is 2.12. The Morgan fingerprint density at radius 2 is 2.35 bits per heavy atom. The van der Waals surface area contributed by atoms with E-state index < -0.39 is 0 Å². The number of nitrogens with one attached hydrogen (secondary N) is 2. The molecule has 1 aromatic heterocycles. The van der Waals surface area contributed by atoms with E-state index in [2.05, 4.69) is 19.4 Å². The molecule has 1 amide bonds. The summed E-state index contributed by atoms with van der Waals surface area (Å²) < 4.78 is 13.3. The largest absolute Gasteiger partial charge is 0.492 e. The fourth-order valence-corrected chi connectivity index (χ4v) is 2.26. The first-order valence-electron chi connectivity index (χ1n) is 5.88. The van der Waals surface area contributed by atoms with Crippen LogP contribution >= 0.6 is 24.1 Å². The summed E-state index contributed by atoms with van der Waals surface area (Å²) >= 11 is 1.01. The van der Waals surface area contributed by atoms with Gasteiger partial charge in [-0.3, -0.25) is 4.79 Å². The highest BCUT2D eigenvalue weighted by molar-refractivity contribution is 6.99. The summed E-state index contributed by atoms with van der Waals surface area (Å²) in [7, 11) is 0. The first-order valence-corrected chi connectivity index (χ1v) is 6.61. The quantitative estimate of drug-likeness (QED) is 0.882. The normalized spacial score (nSPS) is 13.4. The van der Waals surface area contributed by atoms with Crippen LogP contribution in [0.4, 0.5) is 5.69 Å². The zero-order valence-corrected chi connectivity index (χ0v) is 12.1. The SMILES string of the molecule is Cl.O=C(Nc1ccc2c(c1)CNCCO2)c1cnsn1. The number of carbonyl (C=O) groups is 1. The van der Waals surface area contributed by atoms with Crippen LogP contribution in [0.25, 0.3) is 0 Å². The van der Waals surface area contributed by atoms with Gasteiger partial charge in [0.05, 0.1) is 17.9 Å². The molecule has 106 valence electrons. The number of nitrogens with zero attached hydrogens (tertiary/aromatic N) is 2. The fourth-order valence-electron chi connectivity index (χ4n) is 1.85. The van der Waals surface area contributed by atoms with Gasteiger partial charge in [0.1, 0.15) is 12.4 Å². The lowest BCUT2D eigenvalue weighted by Gasteiger charge is -2.09. The van der Waals surface area contributed by atoms with E-state index in [1.165, 1.54) is 6.20 Å². The van der Waals surface area contributed by atoms with Crippen LogP contribution in [0.1, 0.15) is 16.1 Å². The molecule has 2 heterocycles. The second-order valence-electron chi connectivity index (χ2n) is 4.09. The van der Waals surface area contributed by atoms with E-state index in [9.17, 15) is 4.79 Å². The average molecular weight is 313 g/mol. The Hall–Kier alpha value is -1.70. The van der Waals surface area contributed by atoms with Crippen molar-refractivity contribution < 1.29 is 9.53 Å². The molecule has 6 nitrogen and oxygen atoms in total. The Morgan fingerprint density at radius 3 is 3.15 bits per heavy atom. The summed E-state index contributed by atoms with van der Waals surface area (Å²) in [6.45, 7) is 2.21. The highest BCUT2D eigenvalue weighted by atomic mass is 35.5. The summed E-state index contributed by atoms with van der Waals surface area (Å²) in [5.74, 6) is 0.606. The third-order valence-corrected chi connectivity index (χ3v) is 3.24. The Bertz CT molecular complexity index is 591. The zero-order valence-electron chi connectivity index (χ0n) is 10.5. The van der Waals surface area contributed by atoms with Crippen LogP contribution in [-0.4, -0.2) is 27.8 Å². The molecule has 3 rings (SSSR count). The van der Waals surface area contributed by atoms with Crippen LogP contribution in [0.2, 0.25) is 0 Å². The van der Waals surface area contributed by atoms with Gasteiger partial charge in [0.25, 0.3) is 5.91 Å². The van der Waals surface area contributed by atoms with Gasteiger partial charge >= 0.3 is 0 Å². The maximum atomic E-state index is 11.9. The van der Waals surface area contributed by atoms with E-state index in [1.54, 1.807) is 0 Å². The van der Waals surface area contributed by atoms with Crippen molar-refractivity contribution >= 4 is 35.7 Å². The lowest BCUT2D eigenvalue weighted by molar-refractivity contribution is 0.102. The topological polar surface area (TPSA) is 76.1 Å². The lowest BCUT2D eigenvalue weighted by Crippen LogP contribution is -2.16. The fraction of sp³-hybridized carbons (Fsp3) is 0.250. The van der Waals surface area contributed by atoms with Crippen LogP contribution in [0.15, 0.2) is 24.4 Å². The molecule has 1 aromatic carbocycles. The van der Waals surface area contributed by atoms with Crippen molar-refractivity contribution in [3.8, 4) is 5.75 Å². The molecule has 1 aliphatic rings. The van der Waals surface area contributed by atoms with Crippen LogP contribution in [0, 0.1) is 0 Å². The van der Waals surface area contributed by atoms with Crippen molar-refractivity contribution in [2.24, 2.45) is 0 Å².